The van der Waals surface area contributed by atoms with Crippen LogP contribution in [0.5, 0.6) is 0 Å². The fourth-order valence-electron chi connectivity index (χ4n) is 3.65. The first kappa shape index (κ1) is 26.8. The number of hydrogen-bond donors (Lipinski definition) is 7. The molecule has 0 spiro atoms. The number of nitrogens with one attached hydrogen (secondary N) is 5. The Bertz CT molecular complexity index is 1100. The molecule has 3 amide bonds. The molecule has 1 unspecified atom stereocenters. The average Bonchev–Trinajstić information content (AvgIpc) is 2.90. The molecule has 10 nitrogen and oxygen atoms in total. The third-order valence-electron chi connectivity index (χ3n) is 5.68. The lowest BCUT2D eigenvalue weighted by Crippen LogP contribution is -2.51. The number of carbonyl (C=O) groups excluding carboxylic acids is 3. The van der Waals surface area contributed by atoms with Crippen LogP contribution in [-0.2, 0) is 9.59 Å². The van der Waals surface area contributed by atoms with Crippen molar-refractivity contribution in [2.75, 3.05) is 25.0 Å². The van der Waals surface area contributed by atoms with E-state index in [4.69, 9.17) is 5.21 Å². The van der Waals surface area contributed by atoms with E-state index in [2.05, 4.69) is 33.1 Å². The van der Waals surface area contributed by atoms with Crippen molar-refractivity contribution in [2.45, 2.75) is 38.0 Å². The van der Waals surface area contributed by atoms with E-state index in [0.29, 0.717) is 17.3 Å². The highest BCUT2D eigenvalue weighted by Gasteiger charge is 2.25. The lowest BCUT2D eigenvalue weighted by molar-refractivity contribution is -0.133. The molecular weight excluding hydrogens is 462 g/mol. The maximum atomic E-state index is 12.3. The van der Waals surface area contributed by atoms with Crippen molar-refractivity contribution in [2.24, 2.45) is 0 Å². The van der Waals surface area contributed by atoms with Gasteiger partial charge < -0.3 is 26.4 Å². The summed E-state index contributed by atoms with van der Waals surface area (Å²) in [5.74, 6) is 4.45. The Morgan fingerprint density at radius 3 is 2.25 bits per heavy atom. The van der Waals surface area contributed by atoms with E-state index < -0.39 is 24.0 Å². The van der Waals surface area contributed by atoms with Crippen LogP contribution in [0.2, 0.25) is 0 Å². The molecule has 7 N–H and O–H groups in total. The van der Waals surface area contributed by atoms with Crippen LogP contribution in [0.25, 0.3) is 0 Å². The maximum absolute atomic E-state index is 12.3. The van der Waals surface area contributed by atoms with Crippen LogP contribution in [0.3, 0.4) is 0 Å². The second-order valence-electron chi connectivity index (χ2n) is 8.54. The van der Waals surface area contributed by atoms with E-state index in [1.54, 1.807) is 36.4 Å². The van der Waals surface area contributed by atoms with Crippen molar-refractivity contribution in [1.29, 1.82) is 0 Å². The molecule has 0 aromatic heterocycles. The second kappa shape index (κ2) is 13.4. The predicted molar refractivity (Wildman–Crippen MR) is 134 cm³/mol. The first-order chi connectivity index (χ1) is 17.4. The Kier molecular flexibility index (Phi) is 9.97. The molecule has 0 saturated carbocycles. The number of carbonyl (C=O) groups is 3. The lowest BCUT2D eigenvalue weighted by Gasteiger charge is -2.23. The minimum atomic E-state index is -1.29. The molecule has 1 fully saturated rings. The molecule has 0 bridgehead atoms. The van der Waals surface area contributed by atoms with Crippen LogP contribution in [0.15, 0.2) is 48.5 Å². The van der Waals surface area contributed by atoms with Crippen LogP contribution >= 0.6 is 0 Å². The summed E-state index contributed by atoms with van der Waals surface area (Å²) >= 11 is 0. The summed E-state index contributed by atoms with van der Waals surface area (Å²) in [4.78, 5) is 36.1. The van der Waals surface area contributed by atoms with Gasteiger partial charge in [0.2, 0.25) is 5.91 Å². The first-order valence-electron chi connectivity index (χ1n) is 11.7. The van der Waals surface area contributed by atoms with Gasteiger partial charge in [-0.05, 0) is 74.8 Å². The van der Waals surface area contributed by atoms with Gasteiger partial charge in [0.25, 0.3) is 11.8 Å². The number of rotatable bonds is 8. The molecule has 0 radical (unpaired) electrons. The molecular formula is C26H31N5O5. The Balaban J connectivity index is 1.51. The number of aliphatic hydroxyl groups is 1. The van der Waals surface area contributed by atoms with Gasteiger partial charge >= 0.3 is 0 Å². The van der Waals surface area contributed by atoms with Crippen molar-refractivity contribution < 1.29 is 24.7 Å². The van der Waals surface area contributed by atoms with Gasteiger partial charge in [-0.2, -0.15) is 0 Å². The summed E-state index contributed by atoms with van der Waals surface area (Å²) in [6, 6.07) is 12.6. The minimum Gasteiger partial charge on any atom is -0.391 e. The molecule has 0 aliphatic carbocycles. The topological polar surface area (TPSA) is 152 Å². The fourth-order valence-corrected chi connectivity index (χ4v) is 3.65. The van der Waals surface area contributed by atoms with Crippen LogP contribution in [0.1, 0.15) is 41.3 Å². The van der Waals surface area contributed by atoms with Crippen molar-refractivity contribution in [3.63, 3.8) is 0 Å². The Morgan fingerprint density at radius 2 is 1.69 bits per heavy atom. The Morgan fingerprint density at radius 1 is 1.06 bits per heavy atom. The molecule has 190 valence electrons. The minimum absolute atomic E-state index is 0.0970. The van der Waals surface area contributed by atoms with Crippen molar-refractivity contribution in [1.82, 2.24) is 21.4 Å². The summed E-state index contributed by atoms with van der Waals surface area (Å²) in [7, 11) is 0. The Hall–Kier alpha value is -3.75. The number of anilines is 1. The highest BCUT2D eigenvalue weighted by Crippen LogP contribution is 2.10. The molecule has 1 aliphatic rings. The third kappa shape index (κ3) is 8.18. The lowest BCUT2D eigenvalue weighted by atomic mass is 10.1. The van der Waals surface area contributed by atoms with Crippen LogP contribution in [-0.4, -0.2) is 65.9 Å². The number of piperidine rings is 1. The van der Waals surface area contributed by atoms with Gasteiger partial charge in [0, 0.05) is 35.0 Å². The van der Waals surface area contributed by atoms with E-state index in [-0.39, 0.29) is 18.0 Å². The summed E-state index contributed by atoms with van der Waals surface area (Å²) in [6.45, 7) is 3.49. The molecule has 10 heteroatoms. The average molecular weight is 494 g/mol. The van der Waals surface area contributed by atoms with Crippen molar-refractivity contribution in [3.8, 4) is 11.8 Å². The summed E-state index contributed by atoms with van der Waals surface area (Å²) < 4.78 is 0. The highest BCUT2D eigenvalue weighted by atomic mass is 16.5. The first-order valence-corrected chi connectivity index (χ1v) is 11.7. The van der Waals surface area contributed by atoms with E-state index >= 15 is 0 Å². The smallest absolute Gasteiger partial charge is 0.268 e. The summed E-state index contributed by atoms with van der Waals surface area (Å²) in [5, 5.41) is 30.2. The number of aliphatic hydroxyl groups excluding tert-OH is 1. The van der Waals surface area contributed by atoms with Gasteiger partial charge in [0.1, 0.15) is 6.04 Å². The quantitative estimate of drug-likeness (QED) is 0.159. The highest BCUT2D eigenvalue weighted by molar-refractivity contribution is 5.97. The molecule has 36 heavy (non-hydrogen) atoms. The SMILES string of the molecule is C[C@@H](O)[C@H](NC(=O)c1ccc(C#Cc2ccc(NC(=O)CNC3CCCNC3)cc2)cc1)C(=O)NO. The molecule has 1 saturated heterocycles. The molecule has 2 aromatic rings. The molecule has 1 aliphatic heterocycles. The molecule has 2 aromatic carbocycles. The Labute approximate surface area is 209 Å². The van der Waals surface area contributed by atoms with Gasteiger partial charge in [-0.15, -0.1) is 0 Å². The van der Waals surface area contributed by atoms with E-state index in [9.17, 15) is 19.5 Å². The van der Waals surface area contributed by atoms with Gasteiger partial charge in [0.05, 0.1) is 12.6 Å². The van der Waals surface area contributed by atoms with Crippen molar-refractivity contribution in [3.05, 3.63) is 65.2 Å². The zero-order valence-electron chi connectivity index (χ0n) is 20.0. The molecule has 3 rings (SSSR count). The largest absolute Gasteiger partial charge is 0.391 e. The summed E-state index contributed by atoms with van der Waals surface area (Å²) in [6.07, 6.45) is 0.981. The van der Waals surface area contributed by atoms with Gasteiger partial charge in [0.15, 0.2) is 0 Å². The van der Waals surface area contributed by atoms with Crippen LogP contribution in [0, 0.1) is 11.8 Å². The molecule has 1 heterocycles. The molecule has 3 atom stereocenters. The second-order valence-corrected chi connectivity index (χ2v) is 8.54. The van der Waals surface area contributed by atoms with Crippen LogP contribution in [0.4, 0.5) is 5.69 Å². The zero-order chi connectivity index (χ0) is 25.9. The number of amides is 3. The summed E-state index contributed by atoms with van der Waals surface area (Å²) in [5.41, 5.74) is 3.81. The normalized spacial score (nSPS) is 16.6. The maximum Gasteiger partial charge on any atom is 0.268 e. The van der Waals surface area contributed by atoms with E-state index in [0.717, 1.165) is 31.5 Å². The standard InChI is InChI=1S/C26H31N5O5/c1-17(32)24(26(35)31-36)30-25(34)20-10-6-18(7-11-20)4-5-19-8-12-21(13-9-19)29-23(33)16-28-22-3-2-14-27-15-22/h6-13,17,22,24,27-28,32,36H,2-3,14-16H2,1H3,(H,29,33)(H,30,34)(H,31,35)/t17-,22?,24+/m1/s1. The van der Waals surface area contributed by atoms with Crippen LogP contribution < -0.4 is 26.7 Å². The zero-order valence-corrected chi connectivity index (χ0v) is 20.0. The number of hydroxylamine groups is 1. The van der Waals surface area contributed by atoms with Gasteiger partial charge in [-0.25, -0.2) is 5.48 Å². The number of benzene rings is 2. The van der Waals surface area contributed by atoms with E-state index in [1.807, 2.05) is 12.1 Å². The number of hydrogen-bond acceptors (Lipinski definition) is 7. The van der Waals surface area contributed by atoms with Gasteiger partial charge in [-0.3, -0.25) is 19.6 Å². The fraction of sp³-hybridized carbons (Fsp3) is 0.346. The van der Waals surface area contributed by atoms with E-state index in [1.165, 1.54) is 12.4 Å². The predicted octanol–water partition coefficient (Wildman–Crippen LogP) is 0.351. The monoisotopic (exact) mass is 493 g/mol. The third-order valence-corrected chi connectivity index (χ3v) is 5.68. The van der Waals surface area contributed by atoms with Gasteiger partial charge in [-0.1, -0.05) is 11.8 Å². The van der Waals surface area contributed by atoms with Crippen molar-refractivity contribution >= 4 is 23.4 Å².